The normalized spacial score (nSPS) is 4.93. The maximum absolute atomic E-state index is 9.12. The van der Waals surface area contributed by atoms with Crippen LogP contribution in [0.5, 0.6) is 0 Å². The Hall–Kier alpha value is 0.558. The first-order valence-corrected chi connectivity index (χ1v) is 2.18. The average Bonchev–Trinajstić information content (AvgIpc) is 1.89. The van der Waals surface area contributed by atoms with Gasteiger partial charge in [-0.2, -0.15) is 0 Å². The summed E-state index contributed by atoms with van der Waals surface area (Å²) in [6, 6.07) is 0. The molecule has 0 aliphatic heterocycles. The number of carbonyl (C=O) groups excluding carboxylic acids is 1. The van der Waals surface area contributed by atoms with Gasteiger partial charge in [-0.15, -0.1) is 0 Å². The van der Waals surface area contributed by atoms with Crippen LogP contribution in [0.4, 0.5) is 0 Å². The first-order chi connectivity index (χ1) is 4.54. The number of aliphatic carboxylic acids is 2. The fourth-order valence-electron chi connectivity index (χ4n) is 0. The Morgan fingerprint density at radius 2 is 1.13 bits per heavy atom. The van der Waals surface area contributed by atoms with Crippen LogP contribution in [0.3, 0.4) is 0 Å². The molecule has 3 radical (unpaired) electrons. The van der Waals surface area contributed by atoms with Crippen LogP contribution in [0.25, 0.3) is 0 Å². The van der Waals surface area contributed by atoms with E-state index in [1.165, 1.54) is 0 Å². The molecular formula is C4H13NaO9Sb. The summed E-state index contributed by atoms with van der Waals surface area (Å²) in [5.74, 6) is -2.63. The van der Waals surface area contributed by atoms with Crippen LogP contribution in [0.1, 0.15) is 0 Å². The van der Waals surface area contributed by atoms with Gasteiger partial charge in [0.25, 0.3) is 0 Å². The van der Waals surface area contributed by atoms with Crippen LogP contribution < -0.4 is 34.7 Å². The van der Waals surface area contributed by atoms with Gasteiger partial charge >= 0.3 is 35.5 Å². The van der Waals surface area contributed by atoms with Crippen LogP contribution in [0.15, 0.2) is 0 Å². The van der Waals surface area contributed by atoms with Gasteiger partial charge in [0, 0.05) is 24.4 Å². The number of carboxylic acids is 2. The van der Waals surface area contributed by atoms with Crippen molar-refractivity contribution in [2.24, 2.45) is 0 Å². The van der Waals surface area contributed by atoms with Crippen LogP contribution in [0, 0.1) is 0 Å². The number of aliphatic hydroxyl groups excluding tert-OH is 2. The molecule has 89 valence electrons. The van der Waals surface area contributed by atoms with E-state index in [9.17, 15) is 0 Å². The molecule has 0 aromatic carbocycles. The number of rotatable bonds is 2. The monoisotopic (exact) mass is 349 g/mol. The molecule has 11 heteroatoms. The van der Waals surface area contributed by atoms with Gasteiger partial charge in [-0.05, 0) is 0 Å². The van der Waals surface area contributed by atoms with E-state index in [0.717, 1.165) is 0 Å². The van der Waals surface area contributed by atoms with Gasteiger partial charge in [0.2, 0.25) is 0 Å². The summed E-state index contributed by atoms with van der Waals surface area (Å²) in [6.45, 7) is -1.67. The molecular weight excluding hydrogens is 337 g/mol. The largest absolute Gasteiger partial charge is 1.00 e. The van der Waals surface area contributed by atoms with Gasteiger partial charge in [0.15, 0.2) is 0 Å². The van der Waals surface area contributed by atoms with E-state index in [0.29, 0.717) is 0 Å². The van der Waals surface area contributed by atoms with Crippen molar-refractivity contribution in [3.05, 3.63) is 0 Å². The Bertz CT molecular complexity index is 107. The summed E-state index contributed by atoms with van der Waals surface area (Å²) in [4.78, 5) is 18.1. The number of hydrogen-bond acceptors (Lipinski definition) is 5. The maximum Gasteiger partial charge on any atom is 1.00 e. The molecule has 0 saturated heterocycles. The maximum atomic E-state index is 9.12. The zero-order chi connectivity index (χ0) is 8.57. The summed E-state index contributed by atoms with van der Waals surface area (Å²) in [5.41, 5.74) is 0. The Morgan fingerprint density at radius 1 is 1.00 bits per heavy atom. The van der Waals surface area contributed by atoms with Gasteiger partial charge < -0.3 is 41.6 Å². The number of aliphatic hydroxyl groups is 2. The van der Waals surface area contributed by atoms with Crippen molar-refractivity contribution in [2.75, 3.05) is 13.2 Å². The van der Waals surface area contributed by atoms with Crippen molar-refractivity contribution in [3.8, 4) is 0 Å². The molecule has 0 aliphatic carbocycles. The molecule has 9 N–H and O–H groups in total. The molecule has 0 aliphatic rings. The third kappa shape index (κ3) is 111. The Labute approximate surface area is 125 Å². The second-order valence-corrected chi connectivity index (χ2v) is 1.08. The van der Waals surface area contributed by atoms with E-state index in [-0.39, 0.29) is 70.4 Å². The van der Waals surface area contributed by atoms with Gasteiger partial charge in [-0.25, -0.2) is 4.79 Å². The molecule has 0 unspecified atom stereocenters. The average molecular weight is 350 g/mol. The molecule has 0 aromatic rings. The van der Waals surface area contributed by atoms with Gasteiger partial charge in [0.05, 0.1) is 12.6 Å². The summed E-state index contributed by atoms with van der Waals surface area (Å²) >= 11 is 0. The van der Waals surface area contributed by atoms with Gasteiger partial charge in [0.1, 0.15) is 6.61 Å². The van der Waals surface area contributed by atoms with E-state index < -0.39 is 25.2 Å². The molecule has 0 heterocycles. The van der Waals surface area contributed by atoms with Crippen molar-refractivity contribution in [3.63, 3.8) is 0 Å². The third-order valence-electron chi connectivity index (χ3n) is 0.264. The standard InChI is InChI=1S/2C2H4O3.Na.3H2O.Sb/c2*3-1-2(4)5;;;;;/h2*3H,1H2,(H,4,5);;3*1H2;/q;;+1;;;;/p-1. The van der Waals surface area contributed by atoms with Crippen LogP contribution in [-0.2, 0) is 9.59 Å². The number of carboxylic acid groups (broad SMARTS) is 2. The van der Waals surface area contributed by atoms with Crippen LogP contribution >= 0.6 is 0 Å². The number of hydrogen-bond donors (Lipinski definition) is 3. The molecule has 0 rings (SSSR count). The molecule has 9 nitrogen and oxygen atoms in total. The van der Waals surface area contributed by atoms with E-state index in [4.69, 9.17) is 30.0 Å². The molecule has 0 fully saturated rings. The topological polar surface area (TPSA) is 212 Å². The van der Waals surface area contributed by atoms with E-state index in [2.05, 4.69) is 0 Å². The second kappa shape index (κ2) is 36.5. The molecule has 15 heavy (non-hydrogen) atoms. The van der Waals surface area contributed by atoms with Gasteiger partial charge in [-0.3, -0.25) is 0 Å². The van der Waals surface area contributed by atoms with Crippen molar-refractivity contribution in [1.82, 2.24) is 0 Å². The first-order valence-electron chi connectivity index (χ1n) is 2.18. The zero-order valence-corrected chi connectivity index (χ0v) is 12.5. The van der Waals surface area contributed by atoms with E-state index in [1.807, 2.05) is 0 Å². The second-order valence-electron chi connectivity index (χ2n) is 1.08. The molecule has 0 spiro atoms. The molecule has 0 saturated carbocycles. The molecule has 0 bridgehead atoms. The minimum atomic E-state index is -1.44. The SMILES string of the molecule is O.O.O.O=C(O)CO.O=C([O-])CO.[Na+].[Sb]. The van der Waals surface area contributed by atoms with Gasteiger partial charge in [-0.1, -0.05) is 0 Å². The molecule has 0 amide bonds. The molecule has 0 atom stereocenters. The summed E-state index contributed by atoms with van der Waals surface area (Å²) in [5, 5.41) is 31.5. The fourth-order valence-corrected chi connectivity index (χ4v) is 0. The zero-order valence-electron chi connectivity index (χ0n) is 7.93. The number of carbonyl (C=O) groups is 2. The predicted molar refractivity (Wildman–Crippen MR) is 43.4 cm³/mol. The summed E-state index contributed by atoms with van der Waals surface area (Å²) in [7, 11) is 0. The summed E-state index contributed by atoms with van der Waals surface area (Å²) in [6.07, 6.45) is 0. The van der Waals surface area contributed by atoms with Crippen molar-refractivity contribution in [1.29, 1.82) is 0 Å². The van der Waals surface area contributed by atoms with Crippen molar-refractivity contribution >= 4 is 36.4 Å². The van der Waals surface area contributed by atoms with Crippen LogP contribution in [-0.4, -0.2) is 81.3 Å². The Morgan fingerprint density at radius 3 is 1.13 bits per heavy atom. The van der Waals surface area contributed by atoms with E-state index in [1.54, 1.807) is 0 Å². The molecule has 0 aromatic heterocycles. The smallest absolute Gasteiger partial charge is 0.548 e. The Kier molecular flexibility index (Phi) is 110. The minimum absolute atomic E-state index is 0. The minimum Gasteiger partial charge on any atom is -0.548 e. The Balaban J connectivity index is -0.0000000128. The first kappa shape index (κ1) is 45.0. The fraction of sp³-hybridized carbons (Fsp3) is 0.500. The van der Waals surface area contributed by atoms with Crippen molar-refractivity contribution < 1.29 is 76.0 Å². The third-order valence-corrected chi connectivity index (χ3v) is 0.264. The quantitative estimate of drug-likeness (QED) is 0.411. The summed E-state index contributed by atoms with van der Waals surface area (Å²) < 4.78 is 0. The van der Waals surface area contributed by atoms with Crippen molar-refractivity contribution in [2.45, 2.75) is 0 Å². The van der Waals surface area contributed by atoms with E-state index >= 15 is 0 Å². The van der Waals surface area contributed by atoms with Crippen LogP contribution in [0.2, 0.25) is 0 Å². The predicted octanol–water partition coefficient (Wildman–Crippen LogP) is -9.06.